The van der Waals surface area contributed by atoms with Gasteiger partial charge in [-0.25, -0.2) is 9.69 Å². The minimum atomic E-state index is -4.52. The van der Waals surface area contributed by atoms with Gasteiger partial charge in [-0.2, -0.15) is 13.2 Å². The predicted octanol–water partition coefficient (Wildman–Crippen LogP) is 4.65. The van der Waals surface area contributed by atoms with E-state index in [1.807, 2.05) is 0 Å². The smallest absolute Gasteiger partial charge is 0.418 e. The van der Waals surface area contributed by atoms with Crippen LogP contribution in [0.2, 0.25) is 0 Å². The number of thioether (sulfide) groups is 1. The molecule has 2 amide bonds. The molecular formula is C18H15F3N2O3S. The zero-order valence-electron chi connectivity index (χ0n) is 14.1. The van der Waals surface area contributed by atoms with E-state index in [1.165, 1.54) is 24.5 Å². The van der Waals surface area contributed by atoms with Gasteiger partial charge < -0.3 is 10.4 Å². The van der Waals surface area contributed by atoms with E-state index in [1.54, 1.807) is 18.2 Å². The second kappa shape index (κ2) is 7.15. The van der Waals surface area contributed by atoms with E-state index in [-0.39, 0.29) is 22.8 Å². The molecule has 0 aliphatic carbocycles. The largest absolute Gasteiger partial charge is 0.464 e. The Morgan fingerprint density at radius 2 is 1.89 bits per heavy atom. The number of anilines is 2. The number of carbonyl (C=O) groups is 2. The van der Waals surface area contributed by atoms with Gasteiger partial charge in [-0.1, -0.05) is 18.2 Å². The third-order valence-corrected chi connectivity index (χ3v) is 5.05. The maximum atomic E-state index is 13.2. The molecular weight excluding hydrogens is 381 g/mol. The topological polar surface area (TPSA) is 69.6 Å². The number of hydrogen-bond acceptors (Lipinski definition) is 4. The van der Waals surface area contributed by atoms with E-state index in [4.69, 9.17) is 0 Å². The maximum absolute atomic E-state index is 13.2. The fourth-order valence-corrected chi connectivity index (χ4v) is 3.67. The van der Waals surface area contributed by atoms with Crippen molar-refractivity contribution in [1.82, 2.24) is 0 Å². The van der Waals surface area contributed by atoms with Gasteiger partial charge >= 0.3 is 12.3 Å². The van der Waals surface area contributed by atoms with Gasteiger partial charge in [-0.3, -0.25) is 4.79 Å². The number of para-hydroxylation sites is 1. The number of halogens is 3. The minimum absolute atomic E-state index is 0.00987. The fourth-order valence-electron chi connectivity index (χ4n) is 3.03. The lowest BCUT2D eigenvalue weighted by Gasteiger charge is -2.21. The van der Waals surface area contributed by atoms with Crippen LogP contribution in [-0.2, 0) is 11.0 Å². The van der Waals surface area contributed by atoms with Gasteiger partial charge in [0.1, 0.15) is 0 Å². The van der Waals surface area contributed by atoms with Crippen molar-refractivity contribution in [2.24, 2.45) is 0 Å². The van der Waals surface area contributed by atoms with Gasteiger partial charge in [0, 0.05) is 17.1 Å². The van der Waals surface area contributed by atoms with Crippen LogP contribution in [0, 0.1) is 0 Å². The number of alkyl halides is 3. The number of rotatable bonds is 3. The summed E-state index contributed by atoms with van der Waals surface area (Å²) in [7, 11) is 0. The molecule has 2 aromatic carbocycles. The van der Waals surface area contributed by atoms with Crippen molar-refractivity contribution in [2.75, 3.05) is 23.0 Å². The minimum Gasteiger partial charge on any atom is -0.464 e. The highest BCUT2D eigenvalue weighted by atomic mass is 32.2. The summed E-state index contributed by atoms with van der Waals surface area (Å²) in [6.07, 6.45) is -4.45. The summed E-state index contributed by atoms with van der Waals surface area (Å²) in [6, 6.07) is 10.1. The van der Waals surface area contributed by atoms with E-state index in [9.17, 15) is 27.9 Å². The van der Waals surface area contributed by atoms with Crippen molar-refractivity contribution in [3.8, 4) is 0 Å². The molecule has 0 aromatic heterocycles. The van der Waals surface area contributed by atoms with Crippen LogP contribution < -0.4 is 10.2 Å². The van der Waals surface area contributed by atoms with Gasteiger partial charge in [-0.15, -0.1) is 11.8 Å². The first-order chi connectivity index (χ1) is 12.7. The van der Waals surface area contributed by atoms with Gasteiger partial charge in [-0.05, 0) is 36.1 Å². The first kappa shape index (κ1) is 19.1. The lowest BCUT2D eigenvalue weighted by Crippen LogP contribution is -2.39. The fraction of sp³-hybridized carbons (Fsp3) is 0.222. The summed E-state index contributed by atoms with van der Waals surface area (Å²) in [4.78, 5) is 25.2. The molecule has 3 rings (SSSR count). The highest BCUT2D eigenvalue weighted by Gasteiger charge is 2.39. The van der Waals surface area contributed by atoms with E-state index in [0.29, 0.717) is 10.5 Å². The number of benzene rings is 2. The molecule has 1 unspecified atom stereocenters. The Balaban J connectivity index is 2.01. The molecule has 142 valence electrons. The highest BCUT2D eigenvalue weighted by molar-refractivity contribution is 7.98. The Morgan fingerprint density at radius 3 is 2.44 bits per heavy atom. The first-order valence-corrected chi connectivity index (χ1v) is 9.11. The summed E-state index contributed by atoms with van der Waals surface area (Å²) in [5.41, 5.74) is -0.0515. The van der Waals surface area contributed by atoms with E-state index in [0.717, 1.165) is 17.8 Å². The number of amides is 2. The van der Waals surface area contributed by atoms with Gasteiger partial charge in [0.2, 0.25) is 5.91 Å². The molecule has 0 saturated heterocycles. The number of hydrogen-bond donors (Lipinski definition) is 2. The van der Waals surface area contributed by atoms with Gasteiger partial charge in [0.05, 0.1) is 17.2 Å². The van der Waals surface area contributed by atoms with E-state index >= 15 is 0 Å². The van der Waals surface area contributed by atoms with Crippen LogP contribution >= 0.6 is 11.8 Å². The molecule has 1 heterocycles. The maximum Gasteiger partial charge on any atom is 0.418 e. The molecule has 1 aliphatic heterocycles. The Hall–Kier alpha value is -2.68. The zero-order valence-corrected chi connectivity index (χ0v) is 14.9. The molecule has 0 radical (unpaired) electrons. The van der Waals surface area contributed by atoms with Crippen LogP contribution in [0.15, 0.2) is 47.4 Å². The summed E-state index contributed by atoms with van der Waals surface area (Å²) in [6.45, 7) is 0.0277. The molecule has 5 nitrogen and oxygen atoms in total. The second-order valence-electron chi connectivity index (χ2n) is 5.86. The van der Waals surface area contributed by atoms with Crippen molar-refractivity contribution in [3.63, 3.8) is 0 Å². The Bertz CT molecular complexity index is 887. The van der Waals surface area contributed by atoms with Crippen LogP contribution in [0.25, 0.3) is 0 Å². The number of nitrogens with zero attached hydrogens (tertiary/aromatic N) is 1. The number of carbonyl (C=O) groups excluding carboxylic acids is 1. The van der Waals surface area contributed by atoms with Crippen LogP contribution in [-0.4, -0.2) is 29.9 Å². The molecule has 0 fully saturated rings. The van der Waals surface area contributed by atoms with Gasteiger partial charge in [0.25, 0.3) is 0 Å². The lowest BCUT2D eigenvalue weighted by molar-refractivity contribution is -0.139. The summed E-state index contributed by atoms with van der Waals surface area (Å²) in [5.74, 6) is -1.61. The van der Waals surface area contributed by atoms with Crippen molar-refractivity contribution < 1.29 is 27.9 Å². The Morgan fingerprint density at radius 1 is 1.22 bits per heavy atom. The number of nitrogens with one attached hydrogen (secondary N) is 1. The third-order valence-electron chi connectivity index (χ3n) is 4.27. The summed E-state index contributed by atoms with van der Waals surface area (Å²) < 4.78 is 39.7. The van der Waals surface area contributed by atoms with Crippen LogP contribution in [0.1, 0.15) is 17.0 Å². The lowest BCUT2D eigenvalue weighted by atomic mass is 9.98. The van der Waals surface area contributed by atoms with Crippen molar-refractivity contribution in [1.29, 1.82) is 0 Å². The molecule has 2 aromatic rings. The second-order valence-corrected chi connectivity index (χ2v) is 6.71. The molecule has 1 aliphatic rings. The van der Waals surface area contributed by atoms with Crippen molar-refractivity contribution in [3.05, 3.63) is 53.6 Å². The molecule has 27 heavy (non-hydrogen) atoms. The quantitative estimate of drug-likeness (QED) is 0.740. The van der Waals surface area contributed by atoms with Crippen LogP contribution in [0.5, 0.6) is 0 Å². The standard InChI is InChI=1S/C18H15F3N2O3S/c1-27-15-7-11-12(9-22-14(11)8-13(15)18(19,20)21)16(24)23(17(25)26)10-5-3-2-4-6-10/h2-8,12,22H,9H2,1H3,(H,25,26). The first-order valence-electron chi connectivity index (χ1n) is 7.89. The Labute approximate surface area is 157 Å². The van der Waals surface area contributed by atoms with Crippen LogP contribution in [0.3, 0.4) is 0 Å². The third kappa shape index (κ3) is 3.59. The normalized spacial score (nSPS) is 15.8. The Kier molecular flexibility index (Phi) is 5.05. The number of carboxylic acid groups (broad SMARTS) is 1. The van der Waals surface area contributed by atoms with Crippen molar-refractivity contribution in [2.45, 2.75) is 17.0 Å². The van der Waals surface area contributed by atoms with E-state index in [2.05, 4.69) is 5.32 Å². The molecule has 2 N–H and O–H groups in total. The van der Waals surface area contributed by atoms with Crippen molar-refractivity contribution >= 4 is 35.1 Å². The monoisotopic (exact) mass is 396 g/mol. The van der Waals surface area contributed by atoms with Gasteiger partial charge in [0.15, 0.2) is 0 Å². The summed E-state index contributed by atoms with van der Waals surface area (Å²) in [5, 5.41) is 12.3. The number of fused-ring (bicyclic) bond motifs is 1. The highest BCUT2D eigenvalue weighted by Crippen LogP contribution is 2.43. The predicted molar refractivity (Wildman–Crippen MR) is 96.4 cm³/mol. The molecule has 0 saturated carbocycles. The summed E-state index contributed by atoms with van der Waals surface area (Å²) >= 11 is 0.924. The van der Waals surface area contributed by atoms with Crippen LogP contribution in [0.4, 0.5) is 29.3 Å². The molecule has 9 heteroatoms. The average Bonchev–Trinajstić information content (AvgIpc) is 3.03. The zero-order chi connectivity index (χ0) is 19.8. The molecule has 1 atom stereocenters. The average molecular weight is 396 g/mol. The molecule has 0 bridgehead atoms. The SMILES string of the molecule is CSc1cc2c(cc1C(F)(F)F)NCC2C(=O)N(C(=O)O)c1ccccc1. The van der Waals surface area contributed by atoms with E-state index < -0.39 is 29.7 Å². The number of imide groups is 1. The molecule has 0 spiro atoms.